The fourth-order valence-electron chi connectivity index (χ4n) is 6.99. The molecule has 0 radical (unpaired) electrons. The fraction of sp³-hybridized carbons (Fsp3) is 0.652. The summed E-state index contributed by atoms with van der Waals surface area (Å²) < 4.78 is 25.3. The van der Waals surface area contributed by atoms with Gasteiger partial charge in [-0.15, -0.1) is 0 Å². The zero-order valence-corrected chi connectivity index (χ0v) is 19.4. The Morgan fingerprint density at radius 1 is 1.16 bits per heavy atom. The van der Waals surface area contributed by atoms with E-state index < -0.39 is 11.0 Å². The first kappa shape index (κ1) is 22.0. The van der Waals surface area contributed by atoms with Crippen LogP contribution in [0.2, 0.25) is 0 Å². The number of hydrogen-bond acceptors (Lipinski definition) is 6. The normalized spacial score (nSPS) is 36.7. The molecular weight excluding hydrogens is 428 g/mol. The largest absolute Gasteiger partial charge is 0.369 e. The number of anilines is 1. The molecule has 6 rings (SSSR count). The number of carbonyl (C=O) groups excluding carboxylic acids is 2. The number of nitrogens with zero attached hydrogens (tertiary/aromatic N) is 2. The second-order valence-electron chi connectivity index (χ2n) is 10.3. The lowest BCUT2D eigenvalue weighted by Crippen LogP contribution is -2.62. The Hall–Kier alpha value is -1.81. The molecule has 1 aliphatic heterocycles. The maximum absolute atomic E-state index is 13.0. The first-order valence-corrected chi connectivity index (χ1v) is 13.1. The lowest BCUT2D eigenvalue weighted by molar-refractivity contribution is -0.147. The molecule has 2 atom stereocenters. The van der Waals surface area contributed by atoms with Crippen molar-refractivity contribution in [1.29, 1.82) is 0 Å². The molecule has 0 aromatic heterocycles. The van der Waals surface area contributed by atoms with Crippen LogP contribution in [0.15, 0.2) is 24.3 Å². The second-order valence-corrected chi connectivity index (χ2v) is 12.2. The summed E-state index contributed by atoms with van der Waals surface area (Å²) in [6.07, 6.45) is 5.25. The number of para-hydroxylation sites is 1. The minimum Gasteiger partial charge on any atom is -0.369 e. The third-order valence-electron chi connectivity index (χ3n) is 8.24. The highest BCUT2D eigenvalue weighted by molar-refractivity contribution is 8.23. The minimum absolute atomic E-state index is 0.0468. The van der Waals surface area contributed by atoms with Gasteiger partial charge in [0.25, 0.3) is 0 Å². The van der Waals surface area contributed by atoms with Gasteiger partial charge in [0.2, 0.25) is 11.8 Å². The SMILES string of the molecule is Cc1ccccc1N1CCCN(CC(=O)NC2C3CC4CC2CC(C(N)=O)(C4)C3)S1(O)O. The van der Waals surface area contributed by atoms with E-state index in [9.17, 15) is 18.7 Å². The van der Waals surface area contributed by atoms with E-state index in [-0.39, 0.29) is 41.7 Å². The van der Waals surface area contributed by atoms with Crippen molar-refractivity contribution in [2.75, 3.05) is 23.9 Å². The molecule has 1 aromatic rings. The highest BCUT2D eigenvalue weighted by Crippen LogP contribution is 2.60. The number of nitrogens with one attached hydrogen (secondary N) is 1. The molecule has 5 aliphatic rings. The van der Waals surface area contributed by atoms with Crippen LogP contribution in [-0.4, -0.2) is 50.9 Å². The van der Waals surface area contributed by atoms with Crippen molar-refractivity contribution in [3.05, 3.63) is 29.8 Å². The van der Waals surface area contributed by atoms with E-state index in [1.165, 1.54) is 4.31 Å². The molecule has 0 spiro atoms. The molecule has 1 heterocycles. The van der Waals surface area contributed by atoms with Gasteiger partial charge in [0.05, 0.1) is 12.2 Å². The number of nitrogens with two attached hydrogens (primary N) is 1. The Morgan fingerprint density at radius 2 is 1.84 bits per heavy atom. The first-order chi connectivity index (χ1) is 15.2. The van der Waals surface area contributed by atoms with Gasteiger partial charge in [-0.05, 0) is 85.8 Å². The van der Waals surface area contributed by atoms with Gasteiger partial charge in [0.1, 0.15) is 0 Å². The van der Waals surface area contributed by atoms with Gasteiger partial charge in [0.15, 0.2) is 0 Å². The topological polar surface area (TPSA) is 119 Å². The van der Waals surface area contributed by atoms with E-state index in [4.69, 9.17) is 5.73 Å². The Balaban J connectivity index is 1.27. The molecule has 2 unspecified atom stereocenters. The lowest BCUT2D eigenvalue weighted by Gasteiger charge is -2.59. The summed E-state index contributed by atoms with van der Waals surface area (Å²) in [5.41, 5.74) is 7.15. The number of aryl methyl sites for hydroxylation is 1. The zero-order chi connectivity index (χ0) is 22.7. The molecule has 8 nitrogen and oxygen atoms in total. The summed E-state index contributed by atoms with van der Waals surface area (Å²) in [4.78, 5) is 25.2. The molecule has 5 fully saturated rings. The Bertz CT molecular complexity index is 909. The molecule has 9 heteroatoms. The maximum Gasteiger partial charge on any atom is 0.236 e. The van der Waals surface area contributed by atoms with E-state index in [2.05, 4.69) is 5.32 Å². The second kappa shape index (κ2) is 7.90. The van der Waals surface area contributed by atoms with Gasteiger partial charge >= 0.3 is 0 Å². The van der Waals surface area contributed by atoms with Crippen LogP contribution < -0.4 is 15.4 Å². The van der Waals surface area contributed by atoms with E-state index in [0.29, 0.717) is 19.0 Å². The Kier molecular flexibility index (Phi) is 5.43. The van der Waals surface area contributed by atoms with E-state index in [1.807, 2.05) is 31.2 Å². The Morgan fingerprint density at radius 3 is 2.50 bits per heavy atom. The first-order valence-electron chi connectivity index (χ1n) is 11.7. The number of rotatable bonds is 5. The molecule has 4 saturated carbocycles. The number of carbonyl (C=O) groups is 2. The van der Waals surface area contributed by atoms with Crippen molar-refractivity contribution in [1.82, 2.24) is 9.62 Å². The average molecular weight is 463 g/mol. The van der Waals surface area contributed by atoms with Gasteiger partial charge in [-0.25, -0.2) is 0 Å². The molecule has 1 saturated heterocycles. The monoisotopic (exact) mass is 462 g/mol. The van der Waals surface area contributed by atoms with Crippen molar-refractivity contribution >= 4 is 28.5 Å². The highest BCUT2D eigenvalue weighted by atomic mass is 32.3. The maximum atomic E-state index is 13.0. The van der Waals surface area contributed by atoms with Crippen molar-refractivity contribution in [3.8, 4) is 0 Å². The summed E-state index contributed by atoms with van der Waals surface area (Å²) in [6, 6.07) is 7.69. The van der Waals surface area contributed by atoms with E-state index in [0.717, 1.165) is 49.8 Å². The van der Waals surface area contributed by atoms with Gasteiger partial charge < -0.3 is 11.1 Å². The third-order valence-corrected chi connectivity index (χ3v) is 10.2. The summed E-state index contributed by atoms with van der Waals surface area (Å²) >= 11 is 0. The fourth-order valence-corrected chi connectivity index (χ4v) is 8.78. The van der Waals surface area contributed by atoms with Gasteiger partial charge in [-0.1, -0.05) is 18.2 Å². The number of amides is 2. The van der Waals surface area contributed by atoms with E-state index in [1.54, 1.807) is 4.31 Å². The molecular formula is C23H34N4O4S. The third kappa shape index (κ3) is 3.59. The van der Waals surface area contributed by atoms with Crippen LogP contribution in [-0.2, 0) is 9.59 Å². The molecule has 5 N–H and O–H groups in total. The zero-order valence-electron chi connectivity index (χ0n) is 18.6. The van der Waals surface area contributed by atoms with Crippen LogP contribution in [0.25, 0.3) is 0 Å². The molecule has 4 aliphatic carbocycles. The lowest BCUT2D eigenvalue weighted by atomic mass is 9.47. The number of primary amides is 1. The van der Waals surface area contributed by atoms with Crippen molar-refractivity contribution in [3.63, 3.8) is 0 Å². The summed E-state index contributed by atoms with van der Waals surface area (Å²) in [7, 11) is -3.27. The quantitative estimate of drug-likeness (QED) is 0.534. The average Bonchev–Trinajstić information content (AvgIpc) is 2.72. The van der Waals surface area contributed by atoms with Crippen LogP contribution >= 0.6 is 11.0 Å². The van der Waals surface area contributed by atoms with Crippen molar-refractivity contribution in [2.45, 2.75) is 51.5 Å². The van der Waals surface area contributed by atoms with Crippen LogP contribution in [0.5, 0.6) is 0 Å². The number of hydrogen-bond donors (Lipinski definition) is 4. The van der Waals surface area contributed by atoms with Crippen molar-refractivity contribution < 1.29 is 18.7 Å². The van der Waals surface area contributed by atoms with Crippen molar-refractivity contribution in [2.24, 2.45) is 28.9 Å². The smallest absolute Gasteiger partial charge is 0.236 e. The predicted molar refractivity (Wildman–Crippen MR) is 125 cm³/mol. The van der Waals surface area contributed by atoms with Crippen LogP contribution in [0.1, 0.15) is 44.1 Å². The molecule has 4 bridgehead atoms. The van der Waals surface area contributed by atoms with Crippen LogP contribution in [0.3, 0.4) is 0 Å². The van der Waals surface area contributed by atoms with E-state index >= 15 is 0 Å². The number of benzene rings is 1. The summed E-state index contributed by atoms with van der Waals surface area (Å²) in [6.45, 7) is 2.89. The Labute approximate surface area is 191 Å². The highest BCUT2D eigenvalue weighted by Gasteiger charge is 2.58. The predicted octanol–water partition coefficient (Wildman–Crippen LogP) is 2.88. The molecule has 176 valence electrons. The van der Waals surface area contributed by atoms with Gasteiger partial charge in [-0.2, -0.15) is 4.31 Å². The van der Waals surface area contributed by atoms with Crippen LogP contribution in [0, 0.1) is 30.1 Å². The van der Waals surface area contributed by atoms with Gasteiger partial charge in [0, 0.05) is 24.5 Å². The molecule has 2 amide bonds. The summed E-state index contributed by atoms with van der Waals surface area (Å²) in [5.74, 6) is 0.734. The van der Waals surface area contributed by atoms with Crippen LogP contribution in [0.4, 0.5) is 5.69 Å². The molecule has 32 heavy (non-hydrogen) atoms. The minimum atomic E-state index is -3.27. The summed E-state index contributed by atoms with van der Waals surface area (Å²) in [5, 5.41) is 3.21. The standard InChI is InChI=1S/C23H34N4O4S/c1-15-5-2-3-6-19(15)27-8-4-7-26(32(27,30)31)14-20(28)25-21-17-9-16-10-18(21)13-23(11-16,12-17)22(24)29/h2-3,5-6,16-18,21,30-31H,4,7-14H2,1H3,(H2,24,29)(H,25,28). The van der Waals surface area contributed by atoms with Gasteiger partial charge in [-0.3, -0.25) is 23.0 Å². The molecule has 1 aromatic carbocycles.